The Hall–Kier alpha value is -2.82. The molecule has 0 bridgehead atoms. The molecule has 1 amide bonds. The summed E-state index contributed by atoms with van der Waals surface area (Å²) in [7, 11) is 1.22. The van der Waals surface area contributed by atoms with Crippen LogP contribution in [0.3, 0.4) is 0 Å². The molecule has 0 spiro atoms. The molecule has 0 aromatic heterocycles. The Kier molecular flexibility index (Phi) is 6.73. The van der Waals surface area contributed by atoms with Crippen LogP contribution in [0.1, 0.15) is 61.9 Å². The number of rotatable bonds is 5. The van der Waals surface area contributed by atoms with Crippen LogP contribution >= 0.6 is 0 Å². The maximum atomic E-state index is 14.4. The molecule has 1 aromatic rings. The highest BCUT2D eigenvalue weighted by Crippen LogP contribution is 2.45. The lowest BCUT2D eigenvalue weighted by Gasteiger charge is -2.36. The normalized spacial score (nSPS) is 21.2. The van der Waals surface area contributed by atoms with Crippen LogP contribution in [0.4, 0.5) is 9.18 Å². The number of piperidine rings is 1. The molecule has 2 atom stereocenters. The van der Waals surface area contributed by atoms with E-state index in [0.29, 0.717) is 18.7 Å². The molecule has 3 rings (SSSR count). The first-order valence-corrected chi connectivity index (χ1v) is 10.5. The summed E-state index contributed by atoms with van der Waals surface area (Å²) in [6, 6.07) is 5.01. The van der Waals surface area contributed by atoms with E-state index in [1.807, 2.05) is 0 Å². The number of nitriles is 1. The second kappa shape index (κ2) is 9.13. The Morgan fingerprint density at radius 3 is 2.55 bits per heavy atom. The van der Waals surface area contributed by atoms with Crippen molar-refractivity contribution in [1.29, 1.82) is 5.26 Å². The van der Waals surface area contributed by atoms with Crippen molar-refractivity contribution in [3.05, 3.63) is 29.1 Å². The first-order valence-electron chi connectivity index (χ1n) is 10.5. The van der Waals surface area contributed by atoms with Gasteiger partial charge in [0.15, 0.2) is 0 Å². The van der Waals surface area contributed by atoms with E-state index in [-0.39, 0.29) is 30.6 Å². The minimum absolute atomic E-state index is 0.0981. The summed E-state index contributed by atoms with van der Waals surface area (Å²) in [5.74, 6) is -1.28. The van der Waals surface area contributed by atoms with E-state index in [4.69, 9.17) is 9.47 Å². The Labute approximate surface area is 182 Å². The molecule has 7 nitrogen and oxygen atoms in total. The number of methoxy groups -OCH3 is 1. The predicted octanol–water partition coefficient (Wildman–Crippen LogP) is 4.27. The summed E-state index contributed by atoms with van der Waals surface area (Å²) in [6.45, 7) is 6.37. The molecule has 168 valence electrons. The second-order valence-corrected chi connectivity index (χ2v) is 9.16. The molecular weight excluding hydrogens is 403 g/mol. The van der Waals surface area contributed by atoms with E-state index in [0.717, 1.165) is 18.4 Å². The van der Waals surface area contributed by atoms with Gasteiger partial charge in [-0.3, -0.25) is 0 Å². The molecule has 2 unspecified atom stereocenters. The number of hydrogen-bond acceptors (Lipinski definition) is 6. The number of nitrogens with zero attached hydrogens (tertiary/aromatic N) is 2. The van der Waals surface area contributed by atoms with E-state index in [1.165, 1.54) is 19.2 Å². The van der Waals surface area contributed by atoms with E-state index in [2.05, 4.69) is 10.8 Å². The van der Waals surface area contributed by atoms with Gasteiger partial charge in [-0.25, -0.2) is 14.0 Å². The Morgan fingerprint density at radius 2 is 1.97 bits per heavy atom. The molecule has 2 aliphatic rings. The monoisotopic (exact) mass is 432 g/mol. The van der Waals surface area contributed by atoms with Gasteiger partial charge < -0.3 is 19.1 Å². The maximum absolute atomic E-state index is 14.4. The van der Waals surface area contributed by atoms with Crippen molar-refractivity contribution in [3.8, 4) is 11.8 Å². The minimum Gasteiger partial charge on any atom is -0.493 e. The number of amides is 1. The summed E-state index contributed by atoms with van der Waals surface area (Å²) >= 11 is 0. The molecule has 8 heteroatoms. The molecule has 0 radical (unpaired) electrons. The number of ether oxygens (including phenoxy) is 3. The van der Waals surface area contributed by atoms with Crippen molar-refractivity contribution in [3.63, 3.8) is 0 Å². The van der Waals surface area contributed by atoms with Crippen molar-refractivity contribution in [1.82, 2.24) is 4.90 Å². The standard InChI is InChI=1S/C23H29FN2O5/c1-23(2,3)31-22(28)26-8-7-15(16(11-25)12-26)13-30-20-10-19(24)18(21(27)29-4)9-17(20)14-5-6-14/h9-10,14-16H,5-8,12-13H2,1-4H3. The van der Waals surface area contributed by atoms with Gasteiger partial charge >= 0.3 is 12.1 Å². The van der Waals surface area contributed by atoms with Gasteiger partial charge in [0, 0.05) is 25.1 Å². The molecule has 1 aliphatic heterocycles. The number of benzene rings is 1. The SMILES string of the molecule is COC(=O)c1cc(C2CC2)c(OCC2CCN(C(=O)OC(C)(C)C)CC2C#N)cc1F. The van der Waals surface area contributed by atoms with E-state index < -0.39 is 29.4 Å². The molecule has 1 aliphatic carbocycles. The Morgan fingerprint density at radius 1 is 1.26 bits per heavy atom. The maximum Gasteiger partial charge on any atom is 0.410 e. The molecule has 0 N–H and O–H groups in total. The molecule has 31 heavy (non-hydrogen) atoms. The Bertz CT molecular complexity index is 885. The van der Waals surface area contributed by atoms with Crippen LogP contribution < -0.4 is 4.74 Å². The van der Waals surface area contributed by atoms with Crippen molar-refractivity contribution < 1.29 is 28.2 Å². The first kappa shape index (κ1) is 22.9. The van der Waals surface area contributed by atoms with Gasteiger partial charge in [0.25, 0.3) is 0 Å². The third-order valence-electron chi connectivity index (χ3n) is 5.55. The first-order chi connectivity index (χ1) is 14.6. The lowest BCUT2D eigenvalue weighted by molar-refractivity contribution is 0.0112. The summed E-state index contributed by atoms with van der Waals surface area (Å²) in [6.07, 6.45) is 2.07. The quantitative estimate of drug-likeness (QED) is 0.646. The molecule has 1 aromatic carbocycles. The van der Waals surface area contributed by atoms with Crippen LogP contribution in [0, 0.1) is 29.0 Å². The van der Waals surface area contributed by atoms with Crippen LogP contribution in [0.15, 0.2) is 12.1 Å². The fourth-order valence-corrected chi connectivity index (χ4v) is 3.71. The van der Waals surface area contributed by atoms with Crippen LogP contribution in [-0.2, 0) is 9.47 Å². The van der Waals surface area contributed by atoms with Crippen LogP contribution in [-0.4, -0.2) is 49.4 Å². The highest BCUT2D eigenvalue weighted by Gasteiger charge is 2.35. The fourth-order valence-electron chi connectivity index (χ4n) is 3.71. The zero-order valence-electron chi connectivity index (χ0n) is 18.4. The summed E-state index contributed by atoms with van der Waals surface area (Å²) in [5, 5.41) is 9.62. The molecular formula is C23H29FN2O5. The topological polar surface area (TPSA) is 88.9 Å². The van der Waals surface area contributed by atoms with E-state index >= 15 is 0 Å². The molecule has 2 fully saturated rings. The number of hydrogen-bond donors (Lipinski definition) is 0. The number of esters is 1. The lowest BCUT2D eigenvalue weighted by Crippen LogP contribution is -2.46. The van der Waals surface area contributed by atoms with Gasteiger partial charge in [-0.05, 0) is 57.6 Å². The zero-order valence-corrected chi connectivity index (χ0v) is 18.4. The van der Waals surface area contributed by atoms with Gasteiger partial charge in [-0.15, -0.1) is 0 Å². The van der Waals surface area contributed by atoms with Crippen LogP contribution in [0.5, 0.6) is 5.75 Å². The summed E-state index contributed by atoms with van der Waals surface area (Å²) in [5.41, 5.74) is 0.0950. The summed E-state index contributed by atoms with van der Waals surface area (Å²) < 4.78 is 30.5. The largest absolute Gasteiger partial charge is 0.493 e. The Balaban J connectivity index is 1.67. The highest BCUT2D eigenvalue weighted by atomic mass is 19.1. The van der Waals surface area contributed by atoms with Gasteiger partial charge in [0.2, 0.25) is 0 Å². The number of carbonyl (C=O) groups excluding carboxylic acids is 2. The van der Waals surface area contributed by atoms with Crippen LogP contribution in [0.2, 0.25) is 0 Å². The number of likely N-dealkylation sites (tertiary alicyclic amines) is 1. The molecule has 1 heterocycles. The number of halogens is 1. The average Bonchev–Trinajstić information content (AvgIpc) is 3.55. The zero-order chi connectivity index (χ0) is 22.8. The average molecular weight is 432 g/mol. The van der Waals surface area contributed by atoms with Crippen LogP contribution in [0.25, 0.3) is 0 Å². The van der Waals surface area contributed by atoms with Gasteiger partial charge in [0.05, 0.1) is 31.3 Å². The van der Waals surface area contributed by atoms with Crippen molar-refractivity contribution in [2.45, 2.75) is 51.6 Å². The fraction of sp³-hybridized carbons (Fsp3) is 0.609. The lowest BCUT2D eigenvalue weighted by atomic mass is 9.87. The smallest absolute Gasteiger partial charge is 0.410 e. The minimum atomic E-state index is -0.718. The second-order valence-electron chi connectivity index (χ2n) is 9.16. The molecule has 1 saturated carbocycles. The predicted molar refractivity (Wildman–Crippen MR) is 110 cm³/mol. The van der Waals surface area contributed by atoms with E-state index in [9.17, 15) is 19.2 Å². The highest BCUT2D eigenvalue weighted by molar-refractivity contribution is 5.90. The van der Waals surface area contributed by atoms with E-state index in [1.54, 1.807) is 25.7 Å². The van der Waals surface area contributed by atoms with Gasteiger partial charge in [-0.1, -0.05) is 0 Å². The van der Waals surface area contributed by atoms with Gasteiger partial charge in [-0.2, -0.15) is 5.26 Å². The van der Waals surface area contributed by atoms with Crippen molar-refractivity contribution in [2.75, 3.05) is 26.8 Å². The van der Waals surface area contributed by atoms with Gasteiger partial charge in [0.1, 0.15) is 17.2 Å². The third-order valence-corrected chi connectivity index (χ3v) is 5.55. The van der Waals surface area contributed by atoms with Crippen molar-refractivity contribution in [2.24, 2.45) is 11.8 Å². The molecule has 1 saturated heterocycles. The van der Waals surface area contributed by atoms with Crippen molar-refractivity contribution >= 4 is 12.1 Å². The summed E-state index contributed by atoms with van der Waals surface area (Å²) in [4.78, 5) is 25.7. The third kappa shape index (κ3) is 5.66. The number of carbonyl (C=O) groups is 2.